The van der Waals surface area contributed by atoms with Crippen LogP contribution in [0.3, 0.4) is 0 Å². The van der Waals surface area contributed by atoms with E-state index >= 15 is 0 Å². The van der Waals surface area contributed by atoms with Crippen molar-refractivity contribution >= 4 is 44.2 Å². The summed E-state index contributed by atoms with van der Waals surface area (Å²) in [4.78, 5) is 29.4. The summed E-state index contributed by atoms with van der Waals surface area (Å²) >= 11 is 2.86. The maximum absolute atomic E-state index is 14.5. The fourth-order valence-corrected chi connectivity index (χ4v) is 4.79. The van der Waals surface area contributed by atoms with Gasteiger partial charge in [0.1, 0.15) is 0 Å². The number of halogens is 7. The Morgan fingerprint density at radius 2 is 1.69 bits per heavy atom. The minimum atomic E-state index is -5.13. The number of amides is 2. The van der Waals surface area contributed by atoms with Crippen LogP contribution in [-0.4, -0.2) is 36.8 Å². The van der Waals surface area contributed by atoms with Gasteiger partial charge in [-0.05, 0) is 42.0 Å². The zero-order valence-corrected chi connectivity index (χ0v) is 21.7. The number of likely N-dealkylation sites (N-methyl/N-ethyl adjacent to an activating group) is 1. The van der Waals surface area contributed by atoms with Crippen LogP contribution in [-0.2, 0) is 21.4 Å². The second kappa shape index (κ2) is 10.5. The molecular formula is C26H20BrF6N3O3. The molecule has 0 saturated carbocycles. The Morgan fingerprint density at radius 3 is 2.33 bits per heavy atom. The quantitative estimate of drug-likeness (QED) is 0.330. The Hall–Kier alpha value is -3.61. The van der Waals surface area contributed by atoms with Crippen LogP contribution in [0.2, 0.25) is 0 Å². The second-order valence-corrected chi connectivity index (χ2v) is 9.62. The van der Waals surface area contributed by atoms with Gasteiger partial charge in [-0.2, -0.15) is 26.3 Å². The van der Waals surface area contributed by atoms with Crippen molar-refractivity contribution < 1.29 is 40.8 Å². The van der Waals surface area contributed by atoms with E-state index in [1.165, 1.54) is 12.1 Å². The van der Waals surface area contributed by atoms with E-state index in [1.54, 1.807) is 31.2 Å². The molecule has 1 aliphatic rings. The number of benzene rings is 3. The van der Waals surface area contributed by atoms with Gasteiger partial charge in [0.25, 0.3) is 11.5 Å². The first-order valence-corrected chi connectivity index (χ1v) is 12.3. The molecular weight excluding hydrogens is 596 g/mol. The average molecular weight is 616 g/mol. The molecule has 0 aliphatic carbocycles. The monoisotopic (exact) mass is 615 g/mol. The third-order valence-corrected chi connectivity index (χ3v) is 6.60. The van der Waals surface area contributed by atoms with Crippen molar-refractivity contribution in [2.75, 3.05) is 13.1 Å². The topological polar surface area (TPSA) is 79.8 Å². The van der Waals surface area contributed by atoms with Gasteiger partial charge in [-0.1, -0.05) is 51.4 Å². The highest BCUT2D eigenvalue weighted by Gasteiger charge is 2.62. The van der Waals surface area contributed by atoms with Crippen LogP contribution < -0.4 is 10.6 Å². The van der Waals surface area contributed by atoms with Crippen molar-refractivity contribution in [3.05, 3.63) is 81.3 Å². The molecule has 0 aromatic heterocycles. The number of oxime groups is 1. The molecule has 0 bridgehead atoms. The summed E-state index contributed by atoms with van der Waals surface area (Å²) in [5.41, 5.74) is -4.99. The van der Waals surface area contributed by atoms with E-state index in [9.17, 15) is 35.9 Å². The van der Waals surface area contributed by atoms with Crippen LogP contribution in [0.25, 0.3) is 10.8 Å². The Labute approximate surface area is 226 Å². The highest BCUT2D eigenvalue weighted by Crippen LogP contribution is 2.50. The lowest BCUT2D eigenvalue weighted by Crippen LogP contribution is -2.43. The van der Waals surface area contributed by atoms with E-state index in [-0.39, 0.29) is 27.9 Å². The number of carbonyl (C=O) groups is 2. The van der Waals surface area contributed by atoms with Gasteiger partial charge in [-0.15, -0.1) is 0 Å². The lowest BCUT2D eigenvalue weighted by molar-refractivity contribution is -0.276. The van der Waals surface area contributed by atoms with E-state index in [0.29, 0.717) is 29.4 Å². The molecule has 1 aliphatic heterocycles. The third kappa shape index (κ3) is 5.58. The minimum Gasteiger partial charge on any atom is -0.374 e. The summed E-state index contributed by atoms with van der Waals surface area (Å²) in [5.74, 6) is -0.971. The van der Waals surface area contributed by atoms with Crippen molar-refractivity contribution in [3.8, 4) is 0 Å². The summed E-state index contributed by atoms with van der Waals surface area (Å²) < 4.78 is 83.3. The zero-order valence-electron chi connectivity index (χ0n) is 20.1. The molecule has 0 fully saturated rings. The summed E-state index contributed by atoms with van der Waals surface area (Å²) in [6, 6.07) is 11.1. The average Bonchev–Trinajstić information content (AvgIpc) is 3.33. The van der Waals surface area contributed by atoms with Gasteiger partial charge >= 0.3 is 12.4 Å². The number of fused-ring (bicyclic) bond motifs is 1. The van der Waals surface area contributed by atoms with Gasteiger partial charge in [0, 0.05) is 34.1 Å². The number of rotatable bonds is 6. The van der Waals surface area contributed by atoms with Crippen molar-refractivity contribution in [2.45, 2.75) is 31.3 Å². The largest absolute Gasteiger partial charge is 0.435 e. The second-order valence-electron chi connectivity index (χ2n) is 8.70. The summed E-state index contributed by atoms with van der Waals surface area (Å²) in [6.45, 7) is 1.83. The van der Waals surface area contributed by atoms with Crippen LogP contribution in [0.4, 0.5) is 26.3 Å². The fraction of sp³-hybridized carbons (Fsp3) is 0.269. The van der Waals surface area contributed by atoms with Crippen LogP contribution in [0.5, 0.6) is 0 Å². The fourth-order valence-electron chi connectivity index (χ4n) is 4.30. The number of nitrogens with one attached hydrogen (secondary N) is 2. The number of nitrogens with zero attached hydrogens (tertiary/aromatic N) is 1. The first-order chi connectivity index (χ1) is 18.3. The van der Waals surface area contributed by atoms with Gasteiger partial charge in [0.15, 0.2) is 0 Å². The normalized spacial score (nSPS) is 17.5. The van der Waals surface area contributed by atoms with Gasteiger partial charge in [-0.25, -0.2) is 0 Å². The molecule has 39 heavy (non-hydrogen) atoms. The molecule has 2 amide bonds. The maximum atomic E-state index is 14.5. The Kier molecular flexibility index (Phi) is 7.66. The molecule has 0 saturated heterocycles. The SMILES string of the molecule is CCNC(=O)CNC(=O)c1ccc(C2=NOC(c3cc(Br)cc(C(F)(F)F)c3)(C(F)(F)F)C2)c2ccccc12. The zero-order chi connectivity index (χ0) is 28.6. The summed E-state index contributed by atoms with van der Waals surface area (Å²) in [7, 11) is 0. The number of hydrogen-bond donors (Lipinski definition) is 2. The summed E-state index contributed by atoms with van der Waals surface area (Å²) in [5, 5.41) is 9.45. The molecule has 4 rings (SSSR count). The highest BCUT2D eigenvalue weighted by molar-refractivity contribution is 9.10. The molecule has 1 atom stereocenters. The molecule has 13 heteroatoms. The number of carbonyl (C=O) groups excluding carboxylic acids is 2. The van der Waals surface area contributed by atoms with Crippen molar-refractivity contribution in [3.63, 3.8) is 0 Å². The molecule has 206 valence electrons. The molecule has 2 N–H and O–H groups in total. The van der Waals surface area contributed by atoms with Gasteiger partial charge < -0.3 is 15.5 Å². The van der Waals surface area contributed by atoms with Crippen molar-refractivity contribution in [1.29, 1.82) is 0 Å². The van der Waals surface area contributed by atoms with E-state index < -0.39 is 47.3 Å². The smallest absolute Gasteiger partial charge is 0.374 e. The van der Waals surface area contributed by atoms with Gasteiger partial charge in [-0.3, -0.25) is 9.59 Å². The molecule has 0 radical (unpaired) electrons. The molecule has 0 spiro atoms. The molecule has 1 unspecified atom stereocenters. The Balaban J connectivity index is 1.73. The minimum absolute atomic E-state index is 0.161. The summed E-state index contributed by atoms with van der Waals surface area (Å²) in [6.07, 6.45) is -10.9. The van der Waals surface area contributed by atoms with Crippen LogP contribution in [0, 0.1) is 0 Å². The molecule has 3 aromatic rings. The van der Waals surface area contributed by atoms with Crippen LogP contribution in [0.1, 0.15) is 40.4 Å². The Morgan fingerprint density at radius 1 is 1.00 bits per heavy atom. The number of alkyl halides is 6. The van der Waals surface area contributed by atoms with Gasteiger partial charge in [0.2, 0.25) is 5.91 Å². The van der Waals surface area contributed by atoms with Crippen molar-refractivity contribution in [1.82, 2.24) is 10.6 Å². The van der Waals surface area contributed by atoms with E-state index in [2.05, 4.69) is 31.7 Å². The highest BCUT2D eigenvalue weighted by atomic mass is 79.9. The molecule has 3 aromatic carbocycles. The predicted molar refractivity (Wildman–Crippen MR) is 134 cm³/mol. The molecule has 1 heterocycles. The Bertz CT molecular complexity index is 1470. The van der Waals surface area contributed by atoms with Crippen LogP contribution >= 0.6 is 15.9 Å². The first-order valence-electron chi connectivity index (χ1n) is 11.5. The van der Waals surface area contributed by atoms with Crippen LogP contribution in [0.15, 0.2) is 64.2 Å². The van der Waals surface area contributed by atoms with Crippen molar-refractivity contribution in [2.24, 2.45) is 5.16 Å². The maximum Gasteiger partial charge on any atom is 0.435 e. The molecule has 6 nitrogen and oxygen atoms in total. The third-order valence-electron chi connectivity index (χ3n) is 6.14. The van der Waals surface area contributed by atoms with E-state index in [4.69, 9.17) is 4.84 Å². The lowest BCUT2D eigenvalue weighted by atomic mass is 9.84. The van der Waals surface area contributed by atoms with E-state index in [1.807, 2.05) is 0 Å². The standard InChI is InChI=1S/C26H20BrF6N3O3/c1-2-34-22(37)13-35-23(38)20-8-7-19(17-5-3-4-6-18(17)20)21-12-24(39-36-21,26(31,32)33)14-9-15(25(28,29)30)11-16(27)10-14/h3-11H,2,12-13H2,1H3,(H,34,37)(H,35,38). The van der Waals surface area contributed by atoms with E-state index in [0.717, 1.165) is 6.07 Å². The lowest BCUT2D eigenvalue weighted by Gasteiger charge is -2.30. The predicted octanol–water partition coefficient (Wildman–Crippen LogP) is 6.07. The first kappa shape index (κ1) is 28.4. The number of hydrogen-bond acceptors (Lipinski definition) is 4. The van der Waals surface area contributed by atoms with Gasteiger partial charge in [0.05, 0.1) is 17.8 Å².